The highest BCUT2D eigenvalue weighted by Crippen LogP contribution is 2.38. The molecule has 2 rings (SSSR count). The van der Waals surface area contributed by atoms with Crippen molar-refractivity contribution in [1.29, 1.82) is 0 Å². The summed E-state index contributed by atoms with van der Waals surface area (Å²) in [7, 11) is 0. The lowest BCUT2D eigenvalue weighted by molar-refractivity contribution is 0.624. The van der Waals surface area contributed by atoms with E-state index in [4.69, 9.17) is 0 Å². The minimum Gasteiger partial charge on any atom is -0.103 e. The fraction of sp³-hybridized carbons (Fsp3) is 0.259. The lowest BCUT2D eigenvalue weighted by atomic mass is 9.71. The highest BCUT2D eigenvalue weighted by atomic mass is 14.3. The molecule has 0 fully saturated rings. The van der Waals surface area contributed by atoms with E-state index < -0.39 is 0 Å². The zero-order valence-electron chi connectivity index (χ0n) is 16.9. The summed E-state index contributed by atoms with van der Waals surface area (Å²) in [6.07, 6.45) is 11.4. The smallest absolute Gasteiger partial charge is 0.0152 e. The Bertz CT molecular complexity index is 764. The van der Waals surface area contributed by atoms with Gasteiger partial charge >= 0.3 is 0 Å². The number of hydrogen-bond acceptors (Lipinski definition) is 0. The summed E-state index contributed by atoms with van der Waals surface area (Å²) in [5.74, 6) is 0. The van der Waals surface area contributed by atoms with Crippen molar-refractivity contribution < 1.29 is 0 Å². The first-order chi connectivity index (χ1) is 13.0. The van der Waals surface area contributed by atoms with Crippen molar-refractivity contribution in [2.24, 2.45) is 0 Å². The maximum atomic E-state index is 3.99. The number of allylic oxidation sites excluding steroid dienone is 4. The third-order valence-corrected chi connectivity index (χ3v) is 5.32. The highest BCUT2D eigenvalue weighted by Gasteiger charge is 2.29. The topological polar surface area (TPSA) is 0 Å². The number of rotatable bonds is 10. The minimum absolute atomic E-state index is 0.120. The molecule has 0 aliphatic rings. The van der Waals surface area contributed by atoms with Crippen molar-refractivity contribution in [1.82, 2.24) is 0 Å². The third-order valence-electron chi connectivity index (χ3n) is 5.32. The van der Waals surface area contributed by atoms with Crippen molar-refractivity contribution in [3.63, 3.8) is 0 Å². The molecule has 2 aromatic rings. The summed E-state index contributed by atoms with van der Waals surface area (Å²) in [4.78, 5) is 0. The van der Waals surface area contributed by atoms with Gasteiger partial charge in [-0.05, 0) is 59.1 Å². The Labute approximate surface area is 165 Å². The molecule has 0 radical (unpaired) electrons. The van der Waals surface area contributed by atoms with Crippen molar-refractivity contribution in [3.8, 4) is 0 Å². The van der Waals surface area contributed by atoms with Crippen molar-refractivity contribution in [2.75, 3.05) is 0 Å². The van der Waals surface area contributed by atoms with Gasteiger partial charge in [0.2, 0.25) is 0 Å². The predicted molar refractivity (Wildman–Crippen MR) is 121 cm³/mol. The molecule has 2 aromatic carbocycles. The second-order valence-corrected chi connectivity index (χ2v) is 7.48. The van der Waals surface area contributed by atoms with Gasteiger partial charge < -0.3 is 0 Å². The van der Waals surface area contributed by atoms with Crippen LogP contribution < -0.4 is 0 Å². The highest BCUT2D eigenvalue weighted by molar-refractivity contribution is 5.51. The van der Waals surface area contributed by atoms with Crippen LogP contribution in [0.1, 0.15) is 47.2 Å². The Morgan fingerprint density at radius 1 is 0.630 bits per heavy atom. The normalized spacial score (nSPS) is 11.0. The monoisotopic (exact) mass is 356 g/mol. The molecule has 0 N–H and O–H groups in total. The molecule has 0 atom stereocenters. The van der Waals surface area contributed by atoms with Gasteiger partial charge in [0.15, 0.2) is 0 Å². The van der Waals surface area contributed by atoms with Gasteiger partial charge in [0.25, 0.3) is 0 Å². The molecule has 0 saturated carbocycles. The maximum absolute atomic E-state index is 3.99. The van der Waals surface area contributed by atoms with Crippen LogP contribution >= 0.6 is 0 Å². The van der Waals surface area contributed by atoms with Gasteiger partial charge in [-0.3, -0.25) is 0 Å². The van der Waals surface area contributed by atoms with E-state index in [9.17, 15) is 0 Å². The molecule has 0 amide bonds. The molecule has 0 aromatic heterocycles. The first-order valence-electron chi connectivity index (χ1n) is 9.67. The molecule has 0 heterocycles. The fourth-order valence-electron chi connectivity index (χ4n) is 4.05. The van der Waals surface area contributed by atoms with E-state index in [1.54, 1.807) is 0 Å². The van der Waals surface area contributed by atoms with Crippen LogP contribution in [0.25, 0.3) is 0 Å². The molecule has 0 nitrogen and oxygen atoms in total. The van der Waals surface area contributed by atoms with Crippen LogP contribution in [0.4, 0.5) is 0 Å². The second-order valence-electron chi connectivity index (χ2n) is 7.48. The average molecular weight is 357 g/mol. The molecule has 0 heteroatoms. The largest absolute Gasteiger partial charge is 0.103 e. The van der Waals surface area contributed by atoms with Crippen molar-refractivity contribution in [3.05, 3.63) is 120 Å². The summed E-state index contributed by atoms with van der Waals surface area (Å²) < 4.78 is 0. The van der Waals surface area contributed by atoms with E-state index in [0.717, 1.165) is 25.7 Å². The lowest BCUT2D eigenvalue weighted by Crippen LogP contribution is -2.24. The molecule has 0 saturated heterocycles. The van der Waals surface area contributed by atoms with Crippen LogP contribution in [-0.4, -0.2) is 0 Å². The quantitative estimate of drug-likeness (QED) is 0.405. The van der Waals surface area contributed by atoms with Gasteiger partial charge in [0.1, 0.15) is 0 Å². The Kier molecular flexibility index (Phi) is 7.19. The van der Waals surface area contributed by atoms with Crippen LogP contribution in [0.2, 0.25) is 0 Å². The van der Waals surface area contributed by atoms with Gasteiger partial charge in [-0.15, -0.1) is 26.3 Å². The molecule has 0 unspecified atom stereocenters. The standard InChI is InChI=1S/C27H32/c1-7-13-21-17-11-19-25(23(21)15-9-3)27(5,6)26-20-12-18-22(14-8-2)24(26)16-10-4/h7-12,17-20H,1-4,13-16H2,5-6H3. The first-order valence-corrected chi connectivity index (χ1v) is 9.67. The van der Waals surface area contributed by atoms with E-state index in [1.807, 2.05) is 24.3 Å². The summed E-state index contributed by atoms with van der Waals surface area (Å²) in [5.41, 5.74) is 8.02. The SMILES string of the molecule is C=CCc1cccc(C(C)(C)c2cccc(CC=C)c2CC=C)c1CC=C. The van der Waals surface area contributed by atoms with Gasteiger partial charge in [0, 0.05) is 5.41 Å². The molecule has 27 heavy (non-hydrogen) atoms. The minimum atomic E-state index is -0.120. The zero-order chi connectivity index (χ0) is 19.9. The Morgan fingerprint density at radius 2 is 1.00 bits per heavy atom. The zero-order valence-corrected chi connectivity index (χ0v) is 16.9. The summed E-state index contributed by atoms with van der Waals surface area (Å²) in [5, 5.41) is 0. The van der Waals surface area contributed by atoms with Crippen LogP contribution in [0.3, 0.4) is 0 Å². The Hall–Kier alpha value is -2.60. The number of hydrogen-bond donors (Lipinski definition) is 0. The van der Waals surface area contributed by atoms with Gasteiger partial charge in [-0.2, -0.15) is 0 Å². The van der Waals surface area contributed by atoms with Crippen molar-refractivity contribution >= 4 is 0 Å². The third kappa shape index (κ3) is 4.39. The molecular weight excluding hydrogens is 324 g/mol. The lowest BCUT2D eigenvalue weighted by Gasteiger charge is -2.32. The van der Waals surface area contributed by atoms with E-state index in [2.05, 4.69) is 76.6 Å². The average Bonchev–Trinajstić information content (AvgIpc) is 2.65. The van der Waals surface area contributed by atoms with E-state index in [0.29, 0.717) is 0 Å². The van der Waals surface area contributed by atoms with Crippen LogP contribution in [-0.2, 0) is 31.1 Å². The Balaban J connectivity index is 2.72. The second kappa shape index (κ2) is 9.37. The van der Waals surface area contributed by atoms with E-state index in [1.165, 1.54) is 33.4 Å². The molecule has 140 valence electrons. The first kappa shape index (κ1) is 20.7. The van der Waals surface area contributed by atoms with Gasteiger partial charge in [0.05, 0.1) is 0 Å². The molecule has 0 aliphatic carbocycles. The predicted octanol–water partition coefficient (Wildman–Crippen LogP) is 6.93. The van der Waals surface area contributed by atoms with Gasteiger partial charge in [-0.25, -0.2) is 0 Å². The number of benzene rings is 2. The van der Waals surface area contributed by atoms with Crippen LogP contribution in [0.15, 0.2) is 87.0 Å². The molecule has 0 spiro atoms. The van der Waals surface area contributed by atoms with Crippen molar-refractivity contribution in [2.45, 2.75) is 44.9 Å². The van der Waals surface area contributed by atoms with E-state index >= 15 is 0 Å². The summed E-state index contributed by atoms with van der Waals surface area (Å²) in [6.45, 7) is 20.5. The van der Waals surface area contributed by atoms with Crippen LogP contribution in [0, 0.1) is 0 Å². The summed E-state index contributed by atoms with van der Waals surface area (Å²) in [6, 6.07) is 13.3. The summed E-state index contributed by atoms with van der Waals surface area (Å²) >= 11 is 0. The fourth-order valence-corrected chi connectivity index (χ4v) is 4.05. The molecule has 0 bridgehead atoms. The maximum Gasteiger partial charge on any atom is 0.0152 e. The van der Waals surface area contributed by atoms with Crippen LogP contribution in [0.5, 0.6) is 0 Å². The Morgan fingerprint density at radius 3 is 1.33 bits per heavy atom. The molecule has 0 aliphatic heterocycles. The molecular formula is C27H32. The van der Waals surface area contributed by atoms with Gasteiger partial charge in [-0.1, -0.05) is 74.5 Å². The van der Waals surface area contributed by atoms with E-state index in [-0.39, 0.29) is 5.41 Å².